The van der Waals surface area contributed by atoms with Gasteiger partial charge >= 0.3 is 5.97 Å². The first-order valence-corrected chi connectivity index (χ1v) is 11.3. The first-order chi connectivity index (χ1) is 16.3. The third kappa shape index (κ3) is 4.52. The molecule has 0 amide bonds. The van der Waals surface area contributed by atoms with Crippen molar-refractivity contribution in [2.24, 2.45) is 11.8 Å². The molecule has 0 heterocycles. The lowest BCUT2D eigenvalue weighted by molar-refractivity contribution is -0.133. The van der Waals surface area contributed by atoms with Gasteiger partial charge in [0, 0.05) is 11.1 Å². The zero-order chi connectivity index (χ0) is 25.0. The van der Waals surface area contributed by atoms with Gasteiger partial charge in [-0.1, -0.05) is 19.9 Å². The van der Waals surface area contributed by atoms with E-state index in [0.717, 1.165) is 35.1 Å². The van der Waals surface area contributed by atoms with Gasteiger partial charge < -0.3 is 28.4 Å². The van der Waals surface area contributed by atoms with Crippen LogP contribution in [-0.4, -0.2) is 41.5 Å². The molecule has 0 saturated heterocycles. The van der Waals surface area contributed by atoms with Crippen LogP contribution in [0.25, 0.3) is 11.1 Å². The van der Waals surface area contributed by atoms with Crippen LogP contribution in [0, 0.1) is 11.8 Å². The second-order valence-electron chi connectivity index (χ2n) is 8.48. The van der Waals surface area contributed by atoms with E-state index < -0.39 is 5.97 Å². The van der Waals surface area contributed by atoms with Crippen LogP contribution in [0.5, 0.6) is 34.5 Å². The molecule has 7 nitrogen and oxygen atoms in total. The summed E-state index contributed by atoms with van der Waals surface area (Å²) in [6.45, 7) is 8.10. The number of benzene rings is 2. The lowest BCUT2D eigenvalue weighted by Crippen LogP contribution is -2.19. The summed E-state index contributed by atoms with van der Waals surface area (Å²) >= 11 is 0. The molecule has 0 radical (unpaired) electrons. The fourth-order valence-electron chi connectivity index (χ4n) is 4.56. The van der Waals surface area contributed by atoms with Gasteiger partial charge in [-0.05, 0) is 47.9 Å². The van der Waals surface area contributed by atoms with Crippen molar-refractivity contribution in [3.8, 4) is 45.6 Å². The van der Waals surface area contributed by atoms with E-state index in [1.165, 1.54) is 13.2 Å². The van der Waals surface area contributed by atoms with Crippen molar-refractivity contribution in [2.45, 2.75) is 33.1 Å². The normalized spacial score (nSPS) is 16.8. The Balaban J connectivity index is 2.51. The molecule has 2 aromatic carbocycles. The predicted molar refractivity (Wildman–Crippen MR) is 131 cm³/mol. The van der Waals surface area contributed by atoms with Gasteiger partial charge in [0.15, 0.2) is 23.0 Å². The molecule has 0 fully saturated rings. The summed E-state index contributed by atoms with van der Waals surface area (Å²) in [6.07, 6.45) is 3.09. The van der Waals surface area contributed by atoms with Gasteiger partial charge in [0.25, 0.3) is 0 Å². The van der Waals surface area contributed by atoms with Crippen molar-refractivity contribution >= 4 is 5.97 Å². The maximum atomic E-state index is 12.7. The first-order valence-electron chi connectivity index (χ1n) is 11.3. The molecule has 2 aromatic rings. The second kappa shape index (κ2) is 10.7. The monoisotopic (exact) mass is 470 g/mol. The van der Waals surface area contributed by atoms with Crippen molar-refractivity contribution in [3.63, 3.8) is 0 Å². The molecule has 7 heteroatoms. The molecule has 1 aliphatic carbocycles. The third-order valence-electron chi connectivity index (χ3n) is 6.45. The van der Waals surface area contributed by atoms with Crippen molar-refractivity contribution < 1.29 is 33.2 Å². The Morgan fingerprint density at radius 1 is 0.794 bits per heavy atom. The van der Waals surface area contributed by atoms with Gasteiger partial charge in [-0.15, -0.1) is 6.58 Å². The van der Waals surface area contributed by atoms with E-state index in [9.17, 15) is 4.79 Å². The van der Waals surface area contributed by atoms with Crippen molar-refractivity contribution in [3.05, 3.63) is 35.9 Å². The Morgan fingerprint density at radius 2 is 1.24 bits per heavy atom. The second-order valence-corrected chi connectivity index (χ2v) is 8.48. The molecule has 1 aliphatic rings. The number of carbonyl (C=O) groups excluding carboxylic acids is 1. The number of hydrogen-bond donors (Lipinski definition) is 0. The van der Waals surface area contributed by atoms with Crippen molar-refractivity contribution in [1.82, 2.24) is 0 Å². The summed E-state index contributed by atoms with van der Waals surface area (Å²) < 4.78 is 34.5. The van der Waals surface area contributed by atoms with E-state index in [4.69, 9.17) is 28.4 Å². The third-order valence-corrected chi connectivity index (χ3v) is 6.45. The average molecular weight is 471 g/mol. The standard InChI is InChI=1S/C27H34O7/c1-9-10-21(28)34-27-23-18(14-20(30-5)25(27)32-7)12-16(3)15(2)11-17-13-19(29-4)24(31-6)26(33-8)22(17)23/h9,13-16H,1,10-12H2,2-8H3/t15-,16+/m1/s1. The Labute approximate surface area is 201 Å². The molecular formula is C27H34O7. The van der Waals surface area contributed by atoms with Crippen molar-refractivity contribution in [2.75, 3.05) is 35.5 Å². The fourth-order valence-corrected chi connectivity index (χ4v) is 4.56. The summed E-state index contributed by atoms with van der Waals surface area (Å²) in [5.74, 6) is 2.93. The number of rotatable bonds is 8. The lowest BCUT2D eigenvalue weighted by atomic mass is 9.77. The Morgan fingerprint density at radius 3 is 1.65 bits per heavy atom. The van der Waals surface area contributed by atoms with E-state index in [2.05, 4.69) is 20.4 Å². The van der Waals surface area contributed by atoms with Gasteiger partial charge in [-0.3, -0.25) is 4.79 Å². The van der Waals surface area contributed by atoms with Crippen LogP contribution in [0.2, 0.25) is 0 Å². The van der Waals surface area contributed by atoms with E-state index in [0.29, 0.717) is 40.6 Å². The number of ether oxygens (including phenoxy) is 6. The molecule has 0 bridgehead atoms. The van der Waals surface area contributed by atoms with Crippen LogP contribution in [0.15, 0.2) is 24.8 Å². The highest BCUT2D eigenvalue weighted by Crippen LogP contribution is 2.55. The quantitative estimate of drug-likeness (QED) is 0.296. The van der Waals surface area contributed by atoms with Crippen LogP contribution in [0.4, 0.5) is 0 Å². The molecule has 3 rings (SSSR count). The van der Waals surface area contributed by atoms with Gasteiger partial charge in [0.2, 0.25) is 11.5 Å². The Kier molecular flexibility index (Phi) is 7.97. The Bertz CT molecular complexity index is 1070. The van der Waals surface area contributed by atoms with Crippen LogP contribution < -0.4 is 28.4 Å². The molecule has 0 aromatic heterocycles. The van der Waals surface area contributed by atoms with Gasteiger partial charge in [0.1, 0.15) is 0 Å². The minimum Gasteiger partial charge on any atom is -0.493 e. The molecule has 0 saturated carbocycles. The molecule has 0 unspecified atom stereocenters. The predicted octanol–water partition coefficient (Wildman–Crippen LogP) is 5.25. The zero-order valence-corrected chi connectivity index (χ0v) is 21.1. The van der Waals surface area contributed by atoms with Crippen LogP contribution in [0.3, 0.4) is 0 Å². The molecule has 0 aliphatic heterocycles. The van der Waals surface area contributed by atoms with E-state index >= 15 is 0 Å². The first kappa shape index (κ1) is 25.3. The highest BCUT2D eigenvalue weighted by atomic mass is 16.6. The summed E-state index contributed by atoms with van der Waals surface area (Å²) in [5.41, 5.74) is 3.48. The highest BCUT2D eigenvalue weighted by molar-refractivity contribution is 5.90. The average Bonchev–Trinajstić information content (AvgIpc) is 2.82. The number of carbonyl (C=O) groups is 1. The van der Waals surface area contributed by atoms with Crippen molar-refractivity contribution in [1.29, 1.82) is 0 Å². The lowest BCUT2D eigenvalue weighted by Gasteiger charge is -2.30. The largest absolute Gasteiger partial charge is 0.493 e. The molecule has 184 valence electrons. The van der Waals surface area contributed by atoms with Gasteiger partial charge in [0.05, 0.1) is 42.0 Å². The van der Waals surface area contributed by atoms with Crippen LogP contribution >= 0.6 is 0 Å². The van der Waals surface area contributed by atoms with Gasteiger partial charge in [-0.2, -0.15) is 0 Å². The maximum absolute atomic E-state index is 12.7. The summed E-state index contributed by atoms with van der Waals surface area (Å²) in [7, 11) is 7.85. The molecular weight excluding hydrogens is 436 g/mol. The molecule has 0 N–H and O–H groups in total. The molecule has 0 spiro atoms. The van der Waals surface area contributed by atoms with E-state index in [1.54, 1.807) is 28.4 Å². The summed E-state index contributed by atoms with van der Waals surface area (Å²) in [6, 6.07) is 3.93. The number of hydrogen-bond acceptors (Lipinski definition) is 7. The van der Waals surface area contributed by atoms with E-state index in [-0.39, 0.29) is 12.2 Å². The van der Waals surface area contributed by atoms with Gasteiger partial charge in [-0.25, -0.2) is 0 Å². The maximum Gasteiger partial charge on any atom is 0.315 e. The van der Waals surface area contributed by atoms with E-state index in [1.807, 2.05) is 12.1 Å². The minimum atomic E-state index is -0.451. The highest BCUT2D eigenvalue weighted by Gasteiger charge is 2.33. The number of fused-ring (bicyclic) bond motifs is 3. The minimum absolute atomic E-state index is 0.0541. The SMILES string of the molecule is C=CCC(=O)Oc1c(OC)c(OC)cc2c1-c1c(cc(OC)c(OC)c1OC)C[C@@H](C)[C@@H](C)C2. The smallest absolute Gasteiger partial charge is 0.315 e. The zero-order valence-electron chi connectivity index (χ0n) is 21.1. The topological polar surface area (TPSA) is 72.5 Å². The number of methoxy groups -OCH3 is 5. The Hall–Kier alpha value is -3.35. The molecule has 2 atom stereocenters. The summed E-state index contributed by atoms with van der Waals surface area (Å²) in [5, 5.41) is 0. The summed E-state index contributed by atoms with van der Waals surface area (Å²) in [4.78, 5) is 12.7. The van der Waals surface area contributed by atoms with Crippen LogP contribution in [0.1, 0.15) is 31.4 Å². The molecule has 34 heavy (non-hydrogen) atoms. The van der Waals surface area contributed by atoms with Crippen LogP contribution in [-0.2, 0) is 17.6 Å². The fraction of sp³-hybridized carbons (Fsp3) is 0.444. The number of esters is 1.